The highest BCUT2D eigenvalue weighted by Gasteiger charge is 2.52. The van der Waals surface area contributed by atoms with Crippen LogP contribution in [-0.2, 0) is 15.5 Å². The molecule has 1 heterocycles. The maximum atomic E-state index is 13.5. The second kappa shape index (κ2) is 4.99. The van der Waals surface area contributed by atoms with Gasteiger partial charge in [-0.15, -0.1) is 0 Å². The standard InChI is InChI=1S/C17H22BF3O2/c1-10-8-12(11-6-7-11)13(17(19,20)21)9-14(10)18-22-15(2,3)16(4,5)23-18/h8-9,11H,6-7H2,1-5H3. The van der Waals surface area contributed by atoms with E-state index in [1.54, 1.807) is 6.07 Å². The molecule has 1 saturated carbocycles. The summed E-state index contributed by atoms with van der Waals surface area (Å²) in [7, 11) is -0.769. The van der Waals surface area contributed by atoms with Gasteiger partial charge in [0.15, 0.2) is 0 Å². The van der Waals surface area contributed by atoms with Gasteiger partial charge in [-0.25, -0.2) is 0 Å². The average molecular weight is 326 g/mol. The predicted molar refractivity (Wildman–Crippen MR) is 83.9 cm³/mol. The second-order valence-electron chi connectivity index (χ2n) is 7.66. The van der Waals surface area contributed by atoms with Crippen LogP contribution in [-0.4, -0.2) is 18.3 Å². The van der Waals surface area contributed by atoms with Gasteiger partial charge in [0.05, 0.1) is 16.8 Å². The molecular formula is C17H22BF3O2. The molecule has 2 fully saturated rings. The van der Waals surface area contributed by atoms with Gasteiger partial charge < -0.3 is 9.31 Å². The number of rotatable bonds is 2. The van der Waals surface area contributed by atoms with Gasteiger partial charge in [-0.2, -0.15) is 13.2 Å². The van der Waals surface area contributed by atoms with E-state index < -0.39 is 30.1 Å². The fourth-order valence-corrected chi connectivity index (χ4v) is 2.95. The van der Waals surface area contributed by atoms with Gasteiger partial charge in [-0.3, -0.25) is 0 Å². The van der Waals surface area contributed by atoms with E-state index in [2.05, 4.69) is 0 Å². The normalized spacial score (nSPS) is 23.4. The molecule has 3 rings (SSSR count). The first-order valence-corrected chi connectivity index (χ1v) is 8.00. The Morgan fingerprint density at radius 3 is 2.00 bits per heavy atom. The Kier molecular flexibility index (Phi) is 3.66. The highest BCUT2D eigenvalue weighted by Crippen LogP contribution is 2.46. The lowest BCUT2D eigenvalue weighted by molar-refractivity contribution is -0.138. The van der Waals surface area contributed by atoms with Crippen molar-refractivity contribution in [3.8, 4) is 0 Å². The molecule has 6 heteroatoms. The molecule has 0 amide bonds. The van der Waals surface area contributed by atoms with Crippen molar-refractivity contribution in [2.45, 2.75) is 70.8 Å². The van der Waals surface area contributed by atoms with Crippen LogP contribution in [0.5, 0.6) is 0 Å². The number of hydrogen-bond donors (Lipinski definition) is 0. The summed E-state index contributed by atoms with van der Waals surface area (Å²) < 4.78 is 52.2. The van der Waals surface area contributed by atoms with E-state index in [0.717, 1.165) is 18.4 Å². The zero-order valence-electron chi connectivity index (χ0n) is 14.2. The largest absolute Gasteiger partial charge is 0.495 e. The number of hydrogen-bond acceptors (Lipinski definition) is 2. The lowest BCUT2D eigenvalue weighted by atomic mass is 9.74. The molecular weight excluding hydrogens is 304 g/mol. The molecule has 0 bridgehead atoms. The van der Waals surface area contributed by atoms with Gasteiger partial charge in [-0.05, 0) is 70.5 Å². The van der Waals surface area contributed by atoms with E-state index in [1.807, 2.05) is 34.6 Å². The third kappa shape index (κ3) is 2.91. The third-order valence-corrected chi connectivity index (χ3v) is 5.27. The molecule has 0 radical (unpaired) electrons. The summed E-state index contributed by atoms with van der Waals surface area (Å²) in [5, 5.41) is 0. The number of benzene rings is 1. The molecule has 0 N–H and O–H groups in total. The fourth-order valence-electron chi connectivity index (χ4n) is 2.95. The van der Waals surface area contributed by atoms with Gasteiger partial charge in [0.2, 0.25) is 0 Å². The maximum Gasteiger partial charge on any atom is 0.495 e. The summed E-state index contributed by atoms with van der Waals surface area (Å²) in [6.45, 7) is 9.40. The van der Waals surface area contributed by atoms with Crippen molar-refractivity contribution < 1.29 is 22.5 Å². The summed E-state index contributed by atoms with van der Waals surface area (Å²) in [5.74, 6) is 0.0395. The van der Waals surface area contributed by atoms with E-state index in [-0.39, 0.29) is 5.92 Å². The van der Waals surface area contributed by atoms with Crippen LogP contribution in [0, 0.1) is 6.92 Å². The summed E-state index contributed by atoms with van der Waals surface area (Å²) in [5.41, 5.74) is -0.0145. The first-order valence-electron chi connectivity index (χ1n) is 8.00. The SMILES string of the molecule is Cc1cc(C2CC2)c(C(F)(F)F)cc1B1OC(C)(C)C(C)(C)O1. The summed E-state index contributed by atoms with van der Waals surface area (Å²) >= 11 is 0. The molecule has 2 aliphatic rings. The van der Waals surface area contributed by atoms with Crippen molar-refractivity contribution in [2.75, 3.05) is 0 Å². The monoisotopic (exact) mass is 326 g/mol. The molecule has 0 spiro atoms. The molecule has 0 aromatic heterocycles. The summed E-state index contributed by atoms with van der Waals surface area (Å²) in [4.78, 5) is 0. The summed E-state index contributed by atoms with van der Waals surface area (Å²) in [6.07, 6.45) is -2.69. The molecule has 126 valence electrons. The van der Waals surface area contributed by atoms with Crippen LogP contribution in [0.1, 0.15) is 63.1 Å². The van der Waals surface area contributed by atoms with Crippen LogP contribution in [0.15, 0.2) is 12.1 Å². The van der Waals surface area contributed by atoms with Crippen molar-refractivity contribution in [2.24, 2.45) is 0 Å². The van der Waals surface area contributed by atoms with Gasteiger partial charge in [-0.1, -0.05) is 11.6 Å². The van der Waals surface area contributed by atoms with Crippen LogP contribution in [0.25, 0.3) is 0 Å². The van der Waals surface area contributed by atoms with E-state index in [4.69, 9.17) is 9.31 Å². The minimum absolute atomic E-state index is 0.0395. The zero-order valence-corrected chi connectivity index (χ0v) is 14.2. The average Bonchev–Trinajstić information content (AvgIpc) is 3.16. The Balaban J connectivity index is 2.04. The number of halogens is 3. The van der Waals surface area contributed by atoms with Gasteiger partial charge in [0, 0.05) is 0 Å². The lowest BCUT2D eigenvalue weighted by Gasteiger charge is -2.32. The fraction of sp³-hybridized carbons (Fsp3) is 0.647. The van der Waals surface area contributed by atoms with Crippen LogP contribution >= 0.6 is 0 Å². The van der Waals surface area contributed by atoms with Crippen LogP contribution in [0.3, 0.4) is 0 Å². The minimum Gasteiger partial charge on any atom is -0.399 e. The van der Waals surface area contributed by atoms with Gasteiger partial charge in [0.25, 0.3) is 0 Å². The third-order valence-electron chi connectivity index (χ3n) is 5.27. The Labute approximate surface area is 135 Å². The number of aryl methyl sites for hydroxylation is 1. The molecule has 1 saturated heterocycles. The minimum atomic E-state index is -4.36. The first kappa shape index (κ1) is 16.8. The van der Waals surface area contributed by atoms with Crippen molar-refractivity contribution in [3.63, 3.8) is 0 Å². The highest BCUT2D eigenvalue weighted by atomic mass is 19.4. The van der Waals surface area contributed by atoms with E-state index >= 15 is 0 Å². The second-order valence-corrected chi connectivity index (χ2v) is 7.66. The molecule has 0 atom stereocenters. The predicted octanol–water partition coefficient (Wildman–Crippen LogP) is 4.19. The van der Waals surface area contributed by atoms with E-state index in [9.17, 15) is 13.2 Å². The Morgan fingerprint density at radius 1 is 1.04 bits per heavy atom. The van der Waals surface area contributed by atoms with Gasteiger partial charge in [0.1, 0.15) is 0 Å². The molecule has 1 aromatic rings. The Hall–Kier alpha value is -1.01. The topological polar surface area (TPSA) is 18.5 Å². The summed E-state index contributed by atoms with van der Waals surface area (Å²) in [6, 6.07) is 2.89. The van der Waals surface area contributed by atoms with Crippen LogP contribution < -0.4 is 5.46 Å². The molecule has 1 aromatic carbocycles. The van der Waals surface area contributed by atoms with Crippen molar-refractivity contribution in [3.05, 3.63) is 28.8 Å². The highest BCUT2D eigenvalue weighted by molar-refractivity contribution is 6.62. The quantitative estimate of drug-likeness (QED) is 0.759. The van der Waals surface area contributed by atoms with Crippen molar-refractivity contribution >= 4 is 12.6 Å². The van der Waals surface area contributed by atoms with Crippen LogP contribution in [0.2, 0.25) is 0 Å². The van der Waals surface area contributed by atoms with Crippen molar-refractivity contribution in [1.82, 2.24) is 0 Å². The maximum absolute atomic E-state index is 13.5. The zero-order chi connectivity index (χ0) is 17.2. The van der Waals surface area contributed by atoms with Crippen LogP contribution in [0.4, 0.5) is 13.2 Å². The smallest absolute Gasteiger partial charge is 0.399 e. The molecule has 1 aliphatic heterocycles. The first-order chi connectivity index (χ1) is 10.4. The Bertz CT molecular complexity index is 617. The molecule has 0 unspecified atom stereocenters. The van der Waals surface area contributed by atoms with Gasteiger partial charge >= 0.3 is 13.3 Å². The lowest BCUT2D eigenvalue weighted by Crippen LogP contribution is -2.41. The molecule has 23 heavy (non-hydrogen) atoms. The van der Waals surface area contributed by atoms with Crippen molar-refractivity contribution in [1.29, 1.82) is 0 Å². The molecule has 1 aliphatic carbocycles. The Morgan fingerprint density at radius 2 is 1.57 bits per heavy atom. The number of alkyl halides is 3. The van der Waals surface area contributed by atoms with E-state index in [0.29, 0.717) is 11.0 Å². The van der Waals surface area contributed by atoms with E-state index in [1.165, 1.54) is 6.07 Å². The molecule has 2 nitrogen and oxygen atoms in total.